The Kier molecular flexibility index (Phi) is 4.47. The summed E-state index contributed by atoms with van der Waals surface area (Å²) in [5.41, 5.74) is 3.37. The molecule has 0 amide bonds. The van der Waals surface area contributed by atoms with Gasteiger partial charge in [0.25, 0.3) is 5.56 Å². The van der Waals surface area contributed by atoms with Crippen LogP contribution in [0.25, 0.3) is 0 Å². The fourth-order valence-corrected chi connectivity index (χ4v) is 3.85. The lowest BCUT2D eigenvalue weighted by Crippen LogP contribution is -2.37. The molecule has 3 heterocycles. The number of hydrogen-bond donors (Lipinski definition) is 0. The average Bonchev–Trinajstić information content (AvgIpc) is 3.10. The van der Waals surface area contributed by atoms with Crippen LogP contribution in [-0.4, -0.2) is 32.9 Å². The van der Waals surface area contributed by atoms with E-state index in [1.165, 1.54) is 18.4 Å². The molecule has 0 radical (unpaired) electrons. The summed E-state index contributed by atoms with van der Waals surface area (Å²) in [5, 5.41) is 8.63. The van der Waals surface area contributed by atoms with Crippen LogP contribution in [0.2, 0.25) is 0 Å². The van der Waals surface area contributed by atoms with Crippen molar-refractivity contribution in [3.63, 3.8) is 0 Å². The molecule has 2 aromatic rings. The maximum Gasteiger partial charge on any atom is 0.267 e. The molecule has 0 saturated carbocycles. The van der Waals surface area contributed by atoms with Crippen LogP contribution in [0.4, 0.5) is 0 Å². The molecule has 2 aliphatic rings. The molecule has 128 valence electrons. The van der Waals surface area contributed by atoms with Crippen LogP contribution in [0, 0.1) is 5.92 Å². The zero-order valence-electron chi connectivity index (χ0n) is 14.0. The topological polar surface area (TPSA) is 64.2 Å². The van der Waals surface area contributed by atoms with E-state index in [0.717, 1.165) is 63.3 Å². The largest absolute Gasteiger partial charge is 0.364 e. The number of hydrogen-bond acceptors (Lipinski definition) is 5. The zero-order valence-corrected chi connectivity index (χ0v) is 14.0. The van der Waals surface area contributed by atoms with Gasteiger partial charge in [-0.05, 0) is 63.1 Å². The number of aryl methyl sites for hydroxylation is 2. The van der Waals surface area contributed by atoms with E-state index in [9.17, 15) is 4.79 Å². The van der Waals surface area contributed by atoms with Gasteiger partial charge >= 0.3 is 0 Å². The van der Waals surface area contributed by atoms with E-state index >= 15 is 0 Å². The van der Waals surface area contributed by atoms with Crippen LogP contribution in [0.15, 0.2) is 27.7 Å². The number of piperidine rings is 1. The molecule has 1 aliphatic heterocycles. The molecule has 4 rings (SSSR count). The van der Waals surface area contributed by atoms with Gasteiger partial charge in [0.05, 0.1) is 11.4 Å². The minimum absolute atomic E-state index is 0.0701. The molecule has 6 heteroatoms. The first-order chi connectivity index (χ1) is 11.8. The van der Waals surface area contributed by atoms with E-state index in [1.807, 2.05) is 12.1 Å². The van der Waals surface area contributed by atoms with Crippen molar-refractivity contribution in [2.45, 2.75) is 51.6 Å². The summed E-state index contributed by atoms with van der Waals surface area (Å²) in [7, 11) is 0. The average molecular weight is 328 g/mol. The van der Waals surface area contributed by atoms with E-state index in [0.29, 0.717) is 5.92 Å². The summed E-state index contributed by atoms with van der Waals surface area (Å²) >= 11 is 0. The third-order valence-electron chi connectivity index (χ3n) is 5.29. The summed E-state index contributed by atoms with van der Waals surface area (Å²) < 4.78 is 6.60. The van der Waals surface area contributed by atoms with Crippen molar-refractivity contribution < 1.29 is 4.52 Å². The molecule has 0 bridgehead atoms. The van der Waals surface area contributed by atoms with Crippen LogP contribution in [0.1, 0.15) is 42.6 Å². The van der Waals surface area contributed by atoms with Crippen molar-refractivity contribution in [3.05, 3.63) is 45.7 Å². The molecule has 1 saturated heterocycles. The molecule has 2 aromatic heterocycles. The Bertz CT molecular complexity index is 730. The second-order valence-corrected chi connectivity index (χ2v) is 7.05. The van der Waals surface area contributed by atoms with Crippen molar-refractivity contribution in [2.75, 3.05) is 13.1 Å². The van der Waals surface area contributed by atoms with Crippen molar-refractivity contribution in [3.8, 4) is 0 Å². The van der Waals surface area contributed by atoms with Gasteiger partial charge in [0.2, 0.25) is 0 Å². The zero-order chi connectivity index (χ0) is 16.4. The van der Waals surface area contributed by atoms with Gasteiger partial charge in [-0.25, -0.2) is 4.68 Å². The van der Waals surface area contributed by atoms with Gasteiger partial charge in [0.15, 0.2) is 0 Å². The predicted octanol–water partition coefficient (Wildman–Crippen LogP) is 2.02. The minimum Gasteiger partial charge on any atom is -0.364 e. The number of fused-ring (bicyclic) bond motifs is 1. The highest BCUT2D eigenvalue weighted by Crippen LogP contribution is 2.21. The first kappa shape index (κ1) is 15.6. The molecule has 24 heavy (non-hydrogen) atoms. The molecule has 1 fully saturated rings. The standard InChI is InChI=1S/C18H24N4O2/c23-18-11-15-3-1-2-4-17(15)19-22(18)12-14-5-8-21(9-6-14)13-16-7-10-24-20-16/h7,10-11,14H,1-6,8-9,12-13H2. The summed E-state index contributed by atoms with van der Waals surface area (Å²) in [6, 6.07) is 3.74. The Morgan fingerprint density at radius 3 is 2.83 bits per heavy atom. The van der Waals surface area contributed by atoms with Crippen LogP contribution >= 0.6 is 0 Å². The highest BCUT2D eigenvalue weighted by Gasteiger charge is 2.22. The lowest BCUT2D eigenvalue weighted by Gasteiger charge is -2.31. The van der Waals surface area contributed by atoms with Crippen LogP contribution < -0.4 is 5.56 Å². The van der Waals surface area contributed by atoms with E-state index < -0.39 is 0 Å². The van der Waals surface area contributed by atoms with Gasteiger partial charge in [-0.1, -0.05) is 5.16 Å². The number of likely N-dealkylation sites (tertiary alicyclic amines) is 1. The van der Waals surface area contributed by atoms with E-state index in [2.05, 4.69) is 15.2 Å². The fraction of sp³-hybridized carbons (Fsp3) is 0.611. The van der Waals surface area contributed by atoms with E-state index in [1.54, 1.807) is 10.9 Å². The SMILES string of the molecule is O=c1cc2c(nn1CC1CCN(Cc3ccon3)CC1)CCCC2. The van der Waals surface area contributed by atoms with Gasteiger partial charge in [-0.2, -0.15) is 5.10 Å². The van der Waals surface area contributed by atoms with Gasteiger partial charge in [-0.3, -0.25) is 9.69 Å². The quantitative estimate of drug-likeness (QED) is 0.859. The molecular weight excluding hydrogens is 304 g/mol. The highest BCUT2D eigenvalue weighted by atomic mass is 16.5. The Labute approximate surface area is 141 Å². The fourth-order valence-electron chi connectivity index (χ4n) is 3.85. The Hall–Kier alpha value is -1.95. The van der Waals surface area contributed by atoms with Crippen LogP contribution in [0.5, 0.6) is 0 Å². The summed E-state index contributed by atoms with van der Waals surface area (Å²) in [6.07, 6.45) is 8.23. The first-order valence-corrected chi connectivity index (χ1v) is 8.99. The van der Waals surface area contributed by atoms with E-state index in [4.69, 9.17) is 4.52 Å². The number of aromatic nitrogens is 3. The maximum atomic E-state index is 12.3. The Balaban J connectivity index is 1.36. The number of rotatable bonds is 4. The van der Waals surface area contributed by atoms with Crippen molar-refractivity contribution in [1.82, 2.24) is 19.8 Å². The third-order valence-corrected chi connectivity index (χ3v) is 5.29. The van der Waals surface area contributed by atoms with Crippen molar-refractivity contribution in [2.24, 2.45) is 5.92 Å². The normalized spacial score (nSPS) is 19.3. The van der Waals surface area contributed by atoms with Crippen LogP contribution in [-0.2, 0) is 25.9 Å². The van der Waals surface area contributed by atoms with Gasteiger partial charge < -0.3 is 4.52 Å². The molecule has 1 aliphatic carbocycles. The molecular formula is C18H24N4O2. The van der Waals surface area contributed by atoms with Gasteiger partial charge in [-0.15, -0.1) is 0 Å². The molecule has 0 spiro atoms. The molecule has 0 N–H and O–H groups in total. The monoisotopic (exact) mass is 328 g/mol. The third kappa shape index (κ3) is 3.43. The maximum absolute atomic E-state index is 12.3. The second kappa shape index (κ2) is 6.89. The Morgan fingerprint density at radius 2 is 2.04 bits per heavy atom. The van der Waals surface area contributed by atoms with E-state index in [-0.39, 0.29) is 5.56 Å². The van der Waals surface area contributed by atoms with Gasteiger partial charge in [0, 0.05) is 25.2 Å². The summed E-state index contributed by atoms with van der Waals surface area (Å²) in [5.74, 6) is 0.533. The molecule has 0 aromatic carbocycles. The van der Waals surface area contributed by atoms with Crippen molar-refractivity contribution >= 4 is 0 Å². The predicted molar refractivity (Wildman–Crippen MR) is 89.6 cm³/mol. The lowest BCUT2D eigenvalue weighted by molar-refractivity contribution is 0.160. The Morgan fingerprint density at radius 1 is 1.21 bits per heavy atom. The second-order valence-electron chi connectivity index (χ2n) is 7.05. The van der Waals surface area contributed by atoms with Crippen LogP contribution in [0.3, 0.4) is 0 Å². The lowest BCUT2D eigenvalue weighted by atomic mass is 9.95. The minimum atomic E-state index is 0.0701. The molecule has 0 atom stereocenters. The molecule has 6 nitrogen and oxygen atoms in total. The summed E-state index contributed by atoms with van der Waals surface area (Å²) in [6.45, 7) is 3.68. The number of nitrogens with zero attached hydrogens (tertiary/aromatic N) is 4. The molecule has 0 unspecified atom stereocenters. The smallest absolute Gasteiger partial charge is 0.267 e. The van der Waals surface area contributed by atoms with Crippen molar-refractivity contribution in [1.29, 1.82) is 0 Å². The summed E-state index contributed by atoms with van der Waals surface area (Å²) in [4.78, 5) is 14.7. The highest BCUT2D eigenvalue weighted by molar-refractivity contribution is 5.20. The first-order valence-electron chi connectivity index (χ1n) is 8.99. The van der Waals surface area contributed by atoms with Gasteiger partial charge in [0.1, 0.15) is 6.26 Å².